The van der Waals surface area contributed by atoms with E-state index in [0.29, 0.717) is 27.9 Å². The van der Waals surface area contributed by atoms with Gasteiger partial charge in [-0.25, -0.2) is 4.68 Å². The Bertz CT molecular complexity index is 1110. The molecule has 0 aliphatic heterocycles. The first-order chi connectivity index (χ1) is 14.0. The van der Waals surface area contributed by atoms with Crippen LogP contribution in [0.2, 0.25) is 0 Å². The van der Waals surface area contributed by atoms with Crippen molar-refractivity contribution in [1.29, 1.82) is 0 Å². The number of esters is 1. The van der Waals surface area contributed by atoms with E-state index in [1.165, 1.54) is 7.11 Å². The zero-order chi connectivity index (χ0) is 20.8. The van der Waals surface area contributed by atoms with E-state index in [-0.39, 0.29) is 19.6 Å². The summed E-state index contributed by atoms with van der Waals surface area (Å²) in [6.07, 6.45) is -0.0911. The van der Waals surface area contributed by atoms with Crippen molar-refractivity contribution in [3.63, 3.8) is 0 Å². The Morgan fingerprint density at radius 2 is 1.86 bits per heavy atom. The number of benzene rings is 2. The van der Waals surface area contributed by atoms with Crippen molar-refractivity contribution in [3.05, 3.63) is 64.6 Å². The normalized spacial score (nSPS) is 10.6. The van der Waals surface area contributed by atoms with E-state index in [4.69, 9.17) is 9.47 Å². The smallest absolute Gasteiger partial charge is 0.311 e. The molecule has 0 unspecified atom stereocenters. The minimum Gasteiger partial charge on any atom is -0.497 e. The largest absolute Gasteiger partial charge is 0.497 e. The number of carbonyl (C=O) groups excluding carboxylic acids is 2. The zero-order valence-corrected chi connectivity index (χ0v) is 16.2. The third-order valence-corrected chi connectivity index (χ3v) is 4.21. The molecule has 1 amide bonds. The Morgan fingerprint density at radius 3 is 2.59 bits per heavy atom. The molecule has 29 heavy (non-hydrogen) atoms. The number of anilines is 1. The summed E-state index contributed by atoms with van der Waals surface area (Å²) in [5.41, 5.74) is 0.511. The van der Waals surface area contributed by atoms with Crippen molar-refractivity contribution in [1.82, 2.24) is 9.78 Å². The van der Waals surface area contributed by atoms with Crippen LogP contribution >= 0.6 is 0 Å². The molecule has 3 aromatic rings. The van der Waals surface area contributed by atoms with Gasteiger partial charge >= 0.3 is 5.97 Å². The van der Waals surface area contributed by atoms with Crippen LogP contribution in [0.25, 0.3) is 10.8 Å². The van der Waals surface area contributed by atoms with Gasteiger partial charge < -0.3 is 14.8 Å². The minimum atomic E-state index is -0.448. The lowest BCUT2D eigenvalue weighted by molar-refractivity contribution is -0.142. The molecule has 0 aliphatic carbocycles. The van der Waals surface area contributed by atoms with Gasteiger partial charge in [-0.05, 0) is 25.1 Å². The Kier molecular flexibility index (Phi) is 6.23. The van der Waals surface area contributed by atoms with Gasteiger partial charge in [0.05, 0.1) is 31.2 Å². The number of hydrogen-bond donors (Lipinski definition) is 1. The number of nitrogens with zero attached hydrogens (tertiary/aromatic N) is 2. The van der Waals surface area contributed by atoms with Gasteiger partial charge in [-0.2, -0.15) is 5.10 Å². The Balaban J connectivity index is 1.90. The summed E-state index contributed by atoms with van der Waals surface area (Å²) >= 11 is 0. The average molecular weight is 395 g/mol. The molecule has 2 aromatic carbocycles. The molecule has 1 aromatic heterocycles. The van der Waals surface area contributed by atoms with Gasteiger partial charge in [0.2, 0.25) is 5.91 Å². The Hall–Kier alpha value is -3.68. The molecule has 0 saturated carbocycles. The van der Waals surface area contributed by atoms with Crippen LogP contribution < -0.4 is 15.6 Å². The second-order valence-corrected chi connectivity index (χ2v) is 6.22. The number of aromatic nitrogens is 2. The summed E-state index contributed by atoms with van der Waals surface area (Å²) in [7, 11) is 1.53. The van der Waals surface area contributed by atoms with E-state index in [1.807, 2.05) is 0 Å². The Labute approximate surface area is 167 Å². The van der Waals surface area contributed by atoms with Gasteiger partial charge in [-0.1, -0.05) is 24.3 Å². The molecule has 1 N–H and O–H groups in total. The number of ether oxygens (including phenoxy) is 2. The third-order valence-electron chi connectivity index (χ3n) is 4.21. The van der Waals surface area contributed by atoms with Crippen molar-refractivity contribution in [2.45, 2.75) is 19.9 Å². The van der Waals surface area contributed by atoms with E-state index in [2.05, 4.69) is 10.4 Å². The van der Waals surface area contributed by atoms with Crippen LogP contribution in [0.15, 0.2) is 53.3 Å². The first-order valence-corrected chi connectivity index (χ1v) is 9.10. The highest BCUT2D eigenvalue weighted by Crippen LogP contribution is 2.17. The van der Waals surface area contributed by atoms with Crippen molar-refractivity contribution >= 4 is 28.3 Å². The van der Waals surface area contributed by atoms with Crippen LogP contribution in [0, 0.1) is 0 Å². The summed E-state index contributed by atoms with van der Waals surface area (Å²) in [5.74, 6) is -0.276. The fourth-order valence-corrected chi connectivity index (χ4v) is 2.93. The average Bonchev–Trinajstić information content (AvgIpc) is 2.71. The number of nitrogens with one attached hydrogen (secondary N) is 1. The number of methoxy groups -OCH3 is 1. The fraction of sp³-hybridized carbons (Fsp3) is 0.238. The highest BCUT2D eigenvalue weighted by Gasteiger charge is 2.16. The molecule has 8 nitrogen and oxygen atoms in total. The van der Waals surface area contributed by atoms with Gasteiger partial charge in [-0.3, -0.25) is 14.4 Å². The molecule has 0 saturated heterocycles. The van der Waals surface area contributed by atoms with Crippen LogP contribution in [0.1, 0.15) is 12.6 Å². The molecular weight excluding hydrogens is 374 g/mol. The van der Waals surface area contributed by atoms with Crippen LogP contribution in [-0.4, -0.2) is 35.4 Å². The number of amides is 1. The molecule has 0 fully saturated rings. The first kappa shape index (κ1) is 20.1. The maximum Gasteiger partial charge on any atom is 0.311 e. The second kappa shape index (κ2) is 9.01. The van der Waals surface area contributed by atoms with Gasteiger partial charge in [0.1, 0.15) is 12.3 Å². The molecule has 8 heteroatoms. The highest BCUT2D eigenvalue weighted by molar-refractivity contribution is 5.91. The summed E-state index contributed by atoms with van der Waals surface area (Å²) < 4.78 is 11.2. The summed E-state index contributed by atoms with van der Waals surface area (Å²) in [5, 5.41) is 7.92. The monoisotopic (exact) mass is 395 g/mol. The molecule has 3 rings (SSSR count). The topological polar surface area (TPSA) is 99.5 Å². The Morgan fingerprint density at radius 1 is 1.10 bits per heavy atom. The molecular formula is C21H21N3O5. The molecule has 0 spiro atoms. The maximum absolute atomic E-state index is 12.8. The van der Waals surface area contributed by atoms with E-state index in [1.54, 1.807) is 55.5 Å². The summed E-state index contributed by atoms with van der Waals surface area (Å²) in [6.45, 7) is 1.67. The zero-order valence-electron chi connectivity index (χ0n) is 16.2. The van der Waals surface area contributed by atoms with Gasteiger partial charge in [0.15, 0.2) is 0 Å². The highest BCUT2D eigenvalue weighted by atomic mass is 16.5. The van der Waals surface area contributed by atoms with Crippen LogP contribution in [-0.2, 0) is 27.3 Å². The lowest BCUT2D eigenvalue weighted by Crippen LogP contribution is -2.31. The van der Waals surface area contributed by atoms with E-state index in [0.717, 1.165) is 4.68 Å². The lowest BCUT2D eigenvalue weighted by Gasteiger charge is -2.11. The SMILES string of the molecule is CCOC(=O)Cc1nn(CC(=O)Nc2cccc(OC)c2)c(=O)c2ccccc12. The second-order valence-electron chi connectivity index (χ2n) is 6.22. The van der Waals surface area contributed by atoms with Crippen LogP contribution in [0.3, 0.4) is 0 Å². The van der Waals surface area contributed by atoms with E-state index >= 15 is 0 Å². The molecule has 0 bridgehead atoms. The molecule has 0 atom stereocenters. The van der Waals surface area contributed by atoms with Gasteiger partial charge in [0, 0.05) is 17.1 Å². The van der Waals surface area contributed by atoms with Crippen molar-refractivity contribution in [3.8, 4) is 5.75 Å². The van der Waals surface area contributed by atoms with E-state index in [9.17, 15) is 14.4 Å². The quantitative estimate of drug-likeness (QED) is 0.616. The summed E-state index contributed by atoms with van der Waals surface area (Å²) in [4.78, 5) is 37.2. The summed E-state index contributed by atoms with van der Waals surface area (Å²) in [6, 6.07) is 13.7. The fourth-order valence-electron chi connectivity index (χ4n) is 2.93. The minimum absolute atomic E-state index is 0.0911. The third kappa shape index (κ3) is 4.78. The number of rotatable bonds is 7. The van der Waals surface area contributed by atoms with Gasteiger partial charge in [-0.15, -0.1) is 0 Å². The van der Waals surface area contributed by atoms with Gasteiger partial charge in [0.25, 0.3) is 5.56 Å². The number of fused-ring (bicyclic) bond motifs is 1. The van der Waals surface area contributed by atoms with Crippen LogP contribution in [0.5, 0.6) is 5.75 Å². The van der Waals surface area contributed by atoms with Crippen molar-refractivity contribution in [2.24, 2.45) is 0 Å². The number of hydrogen-bond acceptors (Lipinski definition) is 6. The first-order valence-electron chi connectivity index (χ1n) is 9.10. The van der Waals surface area contributed by atoms with Crippen molar-refractivity contribution in [2.75, 3.05) is 19.0 Å². The van der Waals surface area contributed by atoms with Crippen LogP contribution in [0.4, 0.5) is 5.69 Å². The lowest BCUT2D eigenvalue weighted by atomic mass is 10.1. The number of carbonyl (C=O) groups is 2. The molecule has 1 heterocycles. The van der Waals surface area contributed by atoms with E-state index < -0.39 is 17.4 Å². The maximum atomic E-state index is 12.8. The standard InChI is InChI=1S/C21H21N3O5/c1-3-29-20(26)12-18-16-9-4-5-10-17(16)21(27)24(23-18)13-19(25)22-14-7-6-8-15(11-14)28-2/h4-11H,3,12-13H2,1-2H3,(H,22,25). The molecule has 0 aliphatic rings. The molecule has 0 radical (unpaired) electrons. The van der Waals surface area contributed by atoms with Crippen molar-refractivity contribution < 1.29 is 19.1 Å². The molecule has 150 valence electrons. The predicted octanol–water partition coefficient (Wildman–Crippen LogP) is 2.15. The predicted molar refractivity (Wildman–Crippen MR) is 108 cm³/mol.